The fourth-order valence-electron chi connectivity index (χ4n) is 5.84. The molecule has 1 fully saturated rings. The van der Waals surface area contributed by atoms with E-state index in [-0.39, 0.29) is 25.5 Å². The van der Waals surface area contributed by atoms with Gasteiger partial charge in [0, 0.05) is 31.6 Å². The minimum atomic E-state index is -1.38. The minimum absolute atomic E-state index is 0.0609. The SMILES string of the molecule is COc1cccc([C@@H]2OC(c3ccc(OCCCO)cc3)=N[C@]2(C/C=C/c2ccccc2)C(=O)NNCC2(O)CCCCC2)c1. The van der Waals surface area contributed by atoms with Crippen LogP contribution in [0.4, 0.5) is 0 Å². The van der Waals surface area contributed by atoms with E-state index in [0.717, 1.165) is 30.4 Å². The Labute approximate surface area is 264 Å². The van der Waals surface area contributed by atoms with Gasteiger partial charge in [-0.05, 0) is 60.4 Å². The van der Waals surface area contributed by atoms with Gasteiger partial charge in [0.05, 0.1) is 19.3 Å². The zero-order valence-electron chi connectivity index (χ0n) is 25.8. The van der Waals surface area contributed by atoms with Crippen LogP contribution in [0.25, 0.3) is 6.08 Å². The Hall–Kier alpha value is -4.18. The number of carbonyl (C=O) groups excluding carboxylic acids is 1. The third-order valence-corrected chi connectivity index (χ3v) is 8.37. The summed E-state index contributed by atoms with van der Waals surface area (Å²) in [6.07, 6.45) is 8.35. The highest BCUT2D eigenvalue weighted by molar-refractivity contribution is 6.01. The summed E-state index contributed by atoms with van der Waals surface area (Å²) in [5.41, 5.74) is 6.11. The molecule has 45 heavy (non-hydrogen) atoms. The van der Waals surface area contributed by atoms with Crippen LogP contribution >= 0.6 is 0 Å². The van der Waals surface area contributed by atoms with E-state index >= 15 is 0 Å². The third kappa shape index (κ3) is 8.11. The molecule has 3 aromatic rings. The number of ether oxygens (including phenoxy) is 3. The van der Waals surface area contributed by atoms with Crippen molar-refractivity contribution in [1.29, 1.82) is 0 Å². The highest BCUT2D eigenvalue weighted by Crippen LogP contribution is 2.43. The maximum Gasteiger partial charge on any atom is 0.266 e. The van der Waals surface area contributed by atoms with E-state index in [1.807, 2.05) is 91.0 Å². The molecule has 1 aliphatic carbocycles. The number of rotatable bonds is 14. The van der Waals surface area contributed by atoms with Crippen molar-refractivity contribution in [3.63, 3.8) is 0 Å². The molecular weight excluding hydrogens is 570 g/mol. The van der Waals surface area contributed by atoms with Crippen LogP contribution < -0.4 is 20.3 Å². The Bertz CT molecular complexity index is 1450. The number of aliphatic hydroxyl groups is 2. The van der Waals surface area contributed by atoms with Gasteiger partial charge in [-0.3, -0.25) is 10.2 Å². The fourth-order valence-corrected chi connectivity index (χ4v) is 5.84. The maximum atomic E-state index is 14.3. The van der Waals surface area contributed by atoms with Crippen LogP contribution in [0.3, 0.4) is 0 Å². The molecule has 0 radical (unpaired) electrons. The fraction of sp³-hybridized carbons (Fsp3) is 0.389. The number of carbonyl (C=O) groups is 1. The molecule has 0 aromatic heterocycles. The lowest BCUT2D eigenvalue weighted by Crippen LogP contribution is -2.55. The molecule has 0 spiro atoms. The number of methoxy groups -OCH3 is 1. The van der Waals surface area contributed by atoms with Crippen molar-refractivity contribution in [3.8, 4) is 11.5 Å². The van der Waals surface area contributed by atoms with Gasteiger partial charge in [-0.25, -0.2) is 10.4 Å². The van der Waals surface area contributed by atoms with E-state index < -0.39 is 17.2 Å². The van der Waals surface area contributed by atoms with E-state index in [9.17, 15) is 9.90 Å². The van der Waals surface area contributed by atoms with Gasteiger partial charge in [0.15, 0.2) is 11.6 Å². The molecule has 1 heterocycles. The lowest BCUT2D eigenvalue weighted by molar-refractivity contribution is -0.130. The largest absolute Gasteiger partial charge is 0.497 e. The van der Waals surface area contributed by atoms with E-state index in [1.165, 1.54) is 0 Å². The predicted octanol–water partition coefficient (Wildman–Crippen LogP) is 5.13. The predicted molar refractivity (Wildman–Crippen MR) is 174 cm³/mol. The van der Waals surface area contributed by atoms with Crippen molar-refractivity contribution in [2.24, 2.45) is 4.99 Å². The van der Waals surface area contributed by atoms with Crippen LogP contribution in [0.2, 0.25) is 0 Å². The van der Waals surface area contributed by atoms with Gasteiger partial charge in [0.2, 0.25) is 5.90 Å². The molecule has 5 rings (SSSR count). The molecule has 9 heteroatoms. The standard InChI is InChI=1S/C36H43N3O6/c1-43-31-15-8-14-29(25-31)32-36(22-9-13-27-11-4-2-5-12-27,34(41)39-37-26-35(42)20-6-3-7-21-35)38-33(45-32)28-16-18-30(19-17-28)44-24-10-23-40/h2,4-5,8-9,11-19,25,32,37,40,42H,3,6-7,10,20-24,26H2,1H3,(H,39,41)/b13-9+/t32-,36-/m0/s1. The molecule has 238 valence electrons. The van der Waals surface area contributed by atoms with Crippen LogP contribution in [0.15, 0.2) is 89.9 Å². The van der Waals surface area contributed by atoms with E-state index in [0.29, 0.717) is 48.8 Å². The van der Waals surface area contributed by atoms with Crippen LogP contribution in [0.5, 0.6) is 11.5 Å². The van der Waals surface area contributed by atoms with Crippen molar-refractivity contribution in [3.05, 3.63) is 102 Å². The van der Waals surface area contributed by atoms with Gasteiger partial charge >= 0.3 is 0 Å². The average Bonchev–Trinajstić information content (AvgIpc) is 3.47. The lowest BCUT2D eigenvalue weighted by Gasteiger charge is -2.33. The van der Waals surface area contributed by atoms with E-state index in [2.05, 4.69) is 10.9 Å². The minimum Gasteiger partial charge on any atom is -0.497 e. The van der Waals surface area contributed by atoms with Crippen molar-refractivity contribution >= 4 is 17.9 Å². The number of hydrogen-bond acceptors (Lipinski definition) is 8. The number of amides is 1. The normalized spacial score (nSPS) is 20.8. The summed E-state index contributed by atoms with van der Waals surface area (Å²) in [5, 5.41) is 20.1. The summed E-state index contributed by atoms with van der Waals surface area (Å²) in [5.74, 6) is 1.26. The first-order valence-electron chi connectivity index (χ1n) is 15.7. The molecule has 4 N–H and O–H groups in total. The second-order valence-corrected chi connectivity index (χ2v) is 11.7. The Morgan fingerprint density at radius 2 is 1.80 bits per heavy atom. The maximum absolute atomic E-state index is 14.3. The quantitative estimate of drug-likeness (QED) is 0.147. The summed E-state index contributed by atoms with van der Waals surface area (Å²) in [6.45, 7) is 0.712. The lowest BCUT2D eigenvalue weighted by atomic mass is 9.84. The van der Waals surface area contributed by atoms with E-state index in [4.69, 9.17) is 24.3 Å². The molecule has 2 aliphatic rings. The second-order valence-electron chi connectivity index (χ2n) is 11.7. The van der Waals surface area contributed by atoms with Crippen LogP contribution in [-0.2, 0) is 9.53 Å². The highest BCUT2D eigenvalue weighted by Gasteiger charge is 2.53. The smallest absolute Gasteiger partial charge is 0.266 e. The highest BCUT2D eigenvalue weighted by atomic mass is 16.5. The van der Waals surface area contributed by atoms with Crippen molar-refractivity contribution in [2.45, 2.75) is 62.2 Å². The van der Waals surface area contributed by atoms with Gasteiger partial charge < -0.3 is 24.4 Å². The number of benzene rings is 3. The molecule has 1 amide bonds. The van der Waals surface area contributed by atoms with Crippen molar-refractivity contribution in [1.82, 2.24) is 10.9 Å². The van der Waals surface area contributed by atoms with Gasteiger partial charge in [0.1, 0.15) is 11.5 Å². The number of nitrogens with one attached hydrogen (secondary N) is 2. The Kier molecular flexibility index (Phi) is 10.9. The first kappa shape index (κ1) is 32.2. The van der Waals surface area contributed by atoms with Crippen molar-refractivity contribution < 1.29 is 29.2 Å². The van der Waals surface area contributed by atoms with Gasteiger partial charge in [0.25, 0.3) is 5.91 Å². The summed E-state index contributed by atoms with van der Waals surface area (Å²) in [4.78, 5) is 19.4. The molecular formula is C36H43N3O6. The first-order valence-corrected chi connectivity index (χ1v) is 15.7. The summed E-state index contributed by atoms with van der Waals surface area (Å²) in [7, 11) is 1.60. The number of nitrogens with zero attached hydrogens (tertiary/aromatic N) is 1. The molecule has 3 aromatic carbocycles. The van der Waals surface area contributed by atoms with E-state index in [1.54, 1.807) is 7.11 Å². The molecule has 2 atom stereocenters. The van der Waals surface area contributed by atoms with Gasteiger partial charge in [-0.2, -0.15) is 0 Å². The summed E-state index contributed by atoms with van der Waals surface area (Å²) < 4.78 is 17.8. The van der Waals surface area contributed by atoms with Gasteiger partial charge in [-0.15, -0.1) is 0 Å². The topological polar surface area (TPSA) is 122 Å². The molecule has 1 aliphatic heterocycles. The number of hydrazine groups is 1. The molecule has 0 unspecified atom stereocenters. The summed E-state index contributed by atoms with van der Waals surface area (Å²) in [6, 6.07) is 24.7. The Balaban J connectivity index is 1.49. The van der Waals surface area contributed by atoms with Gasteiger partial charge in [-0.1, -0.05) is 73.9 Å². The third-order valence-electron chi connectivity index (χ3n) is 8.37. The monoisotopic (exact) mass is 613 g/mol. The molecule has 1 saturated carbocycles. The number of hydrogen-bond donors (Lipinski definition) is 4. The molecule has 9 nitrogen and oxygen atoms in total. The summed E-state index contributed by atoms with van der Waals surface area (Å²) >= 11 is 0. The van der Waals surface area contributed by atoms with Crippen molar-refractivity contribution in [2.75, 3.05) is 26.9 Å². The zero-order valence-corrected chi connectivity index (χ0v) is 25.8. The number of aliphatic imine (C=N–C) groups is 1. The Morgan fingerprint density at radius 3 is 2.53 bits per heavy atom. The van der Waals surface area contributed by atoms with Crippen LogP contribution in [0, 0.1) is 0 Å². The molecule has 0 bridgehead atoms. The Morgan fingerprint density at radius 1 is 1.02 bits per heavy atom. The average molecular weight is 614 g/mol. The first-order chi connectivity index (χ1) is 21.9. The number of aliphatic hydroxyl groups excluding tert-OH is 1. The molecule has 0 saturated heterocycles. The van der Waals surface area contributed by atoms with Crippen LogP contribution in [-0.4, -0.2) is 60.0 Å². The van der Waals surface area contributed by atoms with Crippen LogP contribution in [0.1, 0.15) is 67.7 Å². The second kappa shape index (κ2) is 15.2. The zero-order chi connectivity index (χ0) is 31.5.